The number of carbonyl (C=O) groups is 2. The van der Waals surface area contributed by atoms with E-state index in [1.807, 2.05) is 4.57 Å². The van der Waals surface area contributed by atoms with Crippen LogP contribution in [0.15, 0.2) is 34.1 Å². The molecule has 8 nitrogen and oxygen atoms in total. The van der Waals surface area contributed by atoms with Crippen molar-refractivity contribution in [2.75, 3.05) is 36.0 Å². The highest BCUT2D eigenvalue weighted by atomic mass is 32.2. The van der Waals surface area contributed by atoms with Gasteiger partial charge in [-0.05, 0) is 69.9 Å². The van der Waals surface area contributed by atoms with Crippen LogP contribution in [0.2, 0.25) is 0 Å². The number of rotatable bonds is 11. The molecule has 1 aliphatic carbocycles. The summed E-state index contributed by atoms with van der Waals surface area (Å²) in [5.41, 5.74) is 3.23. The van der Waals surface area contributed by atoms with E-state index in [1.54, 1.807) is 24.3 Å². The Morgan fingerprint density at radius 2 is 1.82 bits per heavy atom. The molecule has 184 valence electrons. The second-order valence-electron chi connectivity index (χ2n) is 8.46. The van der Waals surface area contributed by atoms with Crippen LogP contribution in [-0.2, 0) is 29.0 Å². The van der Waals surface area contributed by atoms with Gasteiger partial charge in [-0.25, -0.2) is 4.79 Å². The summed E-state index contributed by atoms with van der Waals surface area (Å²) < 4.78 is 1.86. The van der Waals surface area contributed by atoms with Crippen LogP contribution in [0, 0.1) is 0 Å². The predicted molar refractivity (Wildman–Crippen MR) is 138 cm³/mol. The number of hydrogen-bond donors (Lipinski definition) is 2. The number of carbonyl (C=O) groups excluding carboxylic acids is 2. The van der Waals surface area contributed by atoms with E-state index in [0.29, 0.717) is 22.9 Å². The number of thioether (sulfide) groups is 1. The first-order chi connectivity index (χ1) is 16.4. The Hall–Kier alpha value is -2.65. The molecule has 0 radical (unpaired) electrons. The maximum Gasteiger partial charge on any atom is 0.348 e. The Bertz CT molecular complexity index is 1070. The largest absolute Gasteiger partial charge is 0.348 e. The molecule has 0 spiro atoms. The van der Waals surface area contributed by atoms with Gasteiger partial charge in [0, 0.05) is 36.1 Å². The second kappa shape index (κ2) is 12.7. The lowest BCUT2D eigenvalue weighted by molar-refractivity contribution is -0.114. The zero-order valence-electron chi connectivity index (χ0n) is 20.4. The predicted octanol–water partition coefficient (Wildman–Crippen LogP) is 3.54. The molecule has 3 rings (SSSR count). The molecule has 1 aliphatic rings. The molecular weight excluding hydrogens is 450 g/mol. The van der Waals surface area contributed by atoms with E-state index < -0.39 is 0 Å². The summed E-state index contributed by atoms with van der Waals surface area (Å²) in [5.74, 6) is -0.188. The van der Waals surface area contributed by atoms with Crippen LogP contribution in [0.1, 0.15) is 51.3 Å². The molecular formula is C25H35N5O3S. The molecule has 2 aromatic rings. The van der Waals surface area contributed by atoms with Crippen LogP contribution in [-0.4, -0.2) is 51.7 Å². The normalized spacial score (nSPS) is 12.9. The molecule has 9 heteroatoms. The highest BCUT2D eigenvalue weighted by Crippen LogP contribution is 2.28. The average molecular weight is 486 g/mol. The summed E-state index contributed by atoms with van der Waals surface area (Å²) in [7, 11) is 0. The van der Waals surface area contributed by atoms with Crippen molar-refractivity contribution in [3.05, 3.63) is 46.0 Å². The molecule has 0 bridgehead atoms. The van der Waals surface area contributed by atoms with Gasteiger partial charge >= 0.3 is 5.69 Å². The minimum atomic E-state index is -0.217. The van der Waals surface area contributed by atoms with E-state index in [-0.39, 0.29) is 23.3 Å². The van der Waals surface area contributed by atoms with Crippen molar-refractivity contribution >= 4 is 35.0 Å². The molecule has 0 unspecified atom stereocenters. The van der Waals surface area contributed by atoms with Crippen LogP contribution in [0.25, 0.3) is 0 Å². The van der Waals surface area contributed by atoms with Crippen molar-refractivity contribution in [2.24, 2.45) is 0 Å². The van der Waals surface area contributed by atoms with Crippen LogP contribution < -0.4 is 16.3 Å². The molecule has 0 saturated carbocycles. The number of benzene rings is 1. The SMILES string of the molecule is CCN(CC)CCCn1c2c(c(SCC(=O)Nc3cccc(NC(C)=O)c3)nc1=O)CCCC2. The van der Waals surface area contributed by atoms with Gasteiger partial charge in [-0.15, -0.1) is 0 Å². The molecule has 1 aromatic carbocycles. The van der Waals surface area contributed by atoms with Gasteiger partial charge in [0.1, 0.15) is 5.03 Å². The Kier molecular flexibility index (Phi) is 9.71. The van der Waals surface area contributed by atoms with Crippen molar-refractivity contribution in [2.45, 2.75) is 64.4 Å². The molecule has 1 heterocycles. The van der Waals surface area contributed by atoms with Crippen LogP contribution in [0.3, 0.4) is 0 Å². The lowest BCUT2D eigenvalue weighted by Gasteiger charge is -2.23. The van der Waals surface area contributed by atoms with Gasteiger partial charge in [0.15, 0.2) is 0 Å². The third-order valence-electron chi connectivity index (χ3n) is 6.01. The second-order valence-corrected chi connectivity index (χ2v) is 9.43. The van der Waals surface area contributed by atoms with Gasteiger partial charge in [-0.1, -0.05) is 31.7 Å². The van der Waals surface area contributed by atoms with Gasteiger partial charge < -0.3 is 15.5 Å². The van der Waals surface area contributed by atoms with E-state index in [9.17, 15) is 14.4 Å². The Morgan fingerprint density at radius 1 is 1.12 bits per heavy atom. The maximum absolute atomic E-state index is 12.9. The summed E-state index contributed by atoms with van der Waals surface area (Å²) in [6, 6.07) is 7.02. The highest BCUT2D eigenvalue weighted by molar-refractivity contribution is 8.00. The summed E-state index contributed by atoms with van der Waals surface area (Å²) in [6.45, 7) is 9.42. The molecule has 2 amide bonds. The van der Waals surface area contributed by atoms with Gasteiger partial charge in [0.05, 0.1) is 5.75 Å². The molecule has 1 aromatic heterocycles. The molecule has 2 N–H and O–H groups in total. The Labute approximate surface area is 205 Å². The third-order valence-corrected chi connectivity index (χ3v) is 7.03. The topological polar surface area (TPSA) is 96.3 Å². The van der Waals surface area contributed by atoms with E-state index in [2.05, 4.69) is 34.4 Å². The molecule has 0 aliphatic heterocycles. The van der Waals surface area contributed by atoms with Gasteiger partial charge in [0.2, 0.25) is 11.8 Å². The lowest BCUT2D eigenvalue weighted by atomic mass is 9.97. The first-order valence-corrected chi connectivity index (χ1v) is 13.0. The number of hydrogen-bond acceptors (Lipinski definition) is 6. The van der Waals surface area contributed by atoms with Gasteiger partial charge in [-0.3, -0.25) is 14.2 Å². The fourth-order valence-corrected chi connectivity index (χ4v) is 5.18. The minimum absolute atomic E-state index is 0.162. The smallest absolute Gasteiger partial charge is 0.326 e. The van der Waals surface area contributed by atoms with E-state index >= 15 is 0 Å². The van der Waals surface area contributed by atoms with Crippen LogP contribution in [0.5, 0.6) is 0 Å². The van der Waals surface area contributed by atoms with E-state index in [1.165, 1.54) is 18.7 Å². The average Bonchev–Trinajstić information content (AvgIpc) is 2.81. The zero-order valence-corrected chi connectivity index (χ0v) is 21.2. The summed E-state index contributed by atoms with van der Waals surface area (Å²) in [4.78, 5) is 43.4. The molecule has 0 fully saturated rings. The first kappa shape index (κ1) is 26.0. The summed E-state index contributed by atoms with van der Waals surface area (Å²) in [5, 5.41) is 6.24. The fraction of sp³-hybridized carbons (Fsp3) is 0.520. The number of anilines is 2. The van der Waals surface area contributed by atoms with Crippen LogP contribution in [0.4, 0.5) is 11.4 Å². The van der Waals surface area contributed by atoms with E-state index in [0.717, 1.165) is 63.0 Å². The minimum Gasteiger partial charge on any atom is -0.326 e. The number of fused-ring (bicyclic) bond motifs is 1. The van der Waals surface area contributed by atoms with Gasteiger partial charge in [-0.2, -0.15) is 4.98 Å². The van der Waals surface area contributed by atoms with Crippen molar-refractivity contribution in [3.8, 4) is 0 Å². The van der Waals surface area contributed by atoms with Crippen molar-refractivity contribution < 1.29 is 9.59 Å². The van der Waals surface area contributed by atoms with Crippen molar-refractivity contribution in [3.63, 3.8) is 0 Å². The number of aromatic nitrogens is 2. The number of nitrogens with one attached hydrogen (secondary N) is 2. The standard InChI is InChI=1S/C25H35N5O3S/c1-4-29(5-2)14-9-15-30-22-13-7-6-12-21(22)24(28-25(30)33)34-17-23(32)27-20-11-8-10-19(16-20)26-18(3)31/h8,10-11,16H,4-7,9,12-15,17H2,1-3H3,(H,26,31)(H,27,32). The van der Waals surface area contributed by atoms with Crippen molar-refractivity contribution in [1.29, 1.82) is 0 Å². The van der Waals surface area contributed by atoms with E-state index in [4.69, 9.17) is 0 Å². The highest BCUT2D eigenvalue weighted by Gasteiger charge is 2.21. The maximum atomic E-state index is 12.9. The lowest BCUT2D eigenvalue weighted by Crippen LogP contribution is -2.32. The monoisotopic (exact) mass is 485 g/mol. The quantitative estimate of drug-likeness (QED) is 0.373. The zero-order chi connectivity index (χ0) is 24.5. The van der Waals surface area contributed by atoms with Gasteiger partial charge in [0.25, 0.3) is 0 Å². The molecule has 0 saturated heterocycles. The molecule has 34 heavy (non-hydrogen) atoms. The Morgan fingerprint density at radius 3 is 2.53 bits per heavy atom. The number of nitrogens with zero attached hydrogens (tertiary/aromatic N) is 3. The fourth-order valence-electron chi connectivity index (χ4n) is 4.30. The summed E-state index contributed by atoms with van der Waals surface area (Å²) in [6.07, 6.45) is 4.83. The Balaban J connectivity index is 1.67. The third kappa shape index (κ3) is 7.17. The summed E-state index contributed by atoms with van der Waals surface area (Å²) >= 11 is 1.32. The number of amides is 2. The first-order valence-electron chi connectivity index (χ1n) is 12.1. The van der Waals surface area contributed by atoms with Crippen molar-refractivity contribution in [1.82, 2.24) is 14.5 Å². The molecule has 0 atom stereocenters. The van der Waals surface area contributed by atoms with Crippen LogP contribution >= 0.6 is 11.8 Å².